The van der Waals surface area contributed by atoms with Gasteiger partial charge in [-0.3, -0.25) is 9.59 Å². The third-order valence-corrected chi connectivity index (χ3v) is 8.23. The van der Waals surface area contributed by atoms with Crippen molar-refractivity contribution in [1.29, 1.82) is 0 Å². The standard InChI is InChI=1S/C31H38N2O4S/c1-22-11-7-8-12-23(22)18-19-33(28(34)21-25-15-10-20-38-25)29(31(35)32-24-13-5-4-6-14-24)26-16-9-17-27(36-2)30(26)37-3/h7-12,15-17,20,24,29H,4-6,13-14,18-19,21H2,1-3H3,(H,32,35)/t29-/m1/s1. The van der Waals surface area contributed by atoms with Crippen molar-refractivity contribution < 1.29 is 19.1 Å². The van der Waals surface area contributed by atoms with E-state index in [-0.39, 0.29) is 24.3 Å². The van der Waals surface area contributed by atoms with Crippen LogP contribution in [0.25, 0.3) is 0 Å². The summed E-state index contributed by atoms with van der Waals surface area (Å²) in [5.41, 5.74) is 2.95. The summed E-state index contributed by atoms with van der Waals surface area (Å²) in [4.78, 5) is 30.8. The zero-order valence-electron chi connectivity index (χ0n) is 22.6. The van der Waals surface area contributed by atoms with E-state index < -0.39 is 6.04 Å². The van der Waals surface area contributed by atoms with Gasteiger partial charge in [-0.1, -0.05) is 61.7 Å². The van der Waals surface area contributed by atoms with E-state index in [4.69, 9.17) is 9.47 Å². The number of para-hydroxylation sites is 1. The molecule has 3 aromatic rings. The number of nitrogens with one attached hydrogen (secondary N) is 1. The summed E-state index contributed by atoms with van der Waals surface area (Å²) in [7, 11) is 3.15. The fraction of sp³-hybridized carbons (Fsp3) is 0.419. The minimum atomic E-state index is -0.849. The molecule has 7 heteroatoms. The summed E-state index contributed by atoms with van der Waals surface area (Å²) < 4.78 is 11.3. The van der Waals surface area contributed by atoms with Crippen molar-refractivity contribution in [3.63, 3.8) is 0 Å². The number of hydrogen-bond donors (Lipinski definition) is 1. The van der Waals surface area contributed by atoms with Crippen molar-refractivity contribution in [1.82, 2.24) is 10.2 Å². The third-order valence-electron chi connectivity index (χ3n) is 7.35. The lowest BCUT2D eigenvalue weighted by Crippen LogP contribution is -2.48. The number of benzene rings is 2. The highest BCUT2D eigenvalue weighted by molar-refractivity contribution is 7.10. The first-order valence-corrected chi connectivity index (χ1v) is 14.3. The van der Waals surface area contributed by atoms with E-state index >= 15 is 0 Å². The number of ether oxygens (including phenoxy) is 2. The Kier molecular flexibility index (Phi) is 9.82. The first kappa shape index (κ1) is 27.7. The predicted molar refractivity (Wildman–Crippen MR) is 152 cm³/mol. The van der Waals surface area contributed by atoms with Gasteiger partial charge in [-0.25, -0.2) is 0 Å². The second kappa shape index (κ2) is 13.5. The predicted octanol–water partition coefficient (Wildman–Crippen LogP) is 5.88. The number of thiophene rings is 1. The van der Waals surface area contributed by atoms with Gasteiger partial charge in [0.25, 0.3) is 0 Å². The molecule has 1 heterocycles. The molecule has 2 amide bonds. The monoisotopic (exact) mass is 534 g/mol. The molecule has 0 saturated heterocycles. The van der Waals surface area contributed by atoms with E-state index in [1.54, 1.807) is 30.5 Å². The largest absolute Gasteiger partial charge is 0.493 e. The summed E-state index contributed by atoms with van der Waals surface area (Å²) in [5.74, 6) is 0.746. The molecule has 1 aliphatic carbocycles. The Morgan fingerprint density at radius 3 is 2.47 bits per heavy atom. The van der Waals surface area contributed by atoms with Gasteiger partial charge >= 0.3 is 0 Å². The van der Waals surface area contributed by atoms with Crippen molar-refractivity contribution in [2.24, 2.45) is 0 Å². The molecule has 1 fully saturated rings. The molecule has 0 bridgehead atoms. The minimum Gasteiger partial charge on any atom is -0.493 e. The molecule has 1 aliphatic rings. The van der Waals surface area contributed by atoms with Crippen LogP contribution in [0.15, 0.2) is 60.0 Å². The minimum absolute atomic E-state index is 0.0882. The van der Waals surface area contributed by atoms with Crippen LogP contribution < -0.4 is 14.8 Å². The molecule has 0 radical (unpaired) electrons. The molecule has 38 heavy (non-hydrogen) atoms. The van der Waals surface area contributed by atoms with Crippen molar-refractivity contribution in [3.8, 4) is 11.5 Å². The fourth-order valence-corrected chi connectivity index (χ4v) is 5.99. The van der Waals surface area contributed by atoms with Crippen molar-refractivity contribution in [2.45, 2.75) is 64.0 Å². The third kappa shape index (κ3) is 6.76. The van der Waals surface area contributed by atoms with Gasteiger partial charge < -0.3 is 19.7 Å². The van der Waals surface area contributed by atoms with Crippen molar-refractivity contribution in [2.75, 3.05) is 20.8 Å². The summed E-state index contributed by atoms with van der Waals surface area (Å²) in [6.07, 6.45) is 6.20. The molecule has 0 unspecified atom stereocenters. The molecule has 202 valence electrons. The highest BCUT2D eigenvalue weighted by atomic mass is 32.1. The SMILES string of the molecule is COc1cccc([C@H](C(=O)NC2CCCCC2)N(CCc2ccccc2C)C(=O)Cc2cccs2)c1OC. The van der Waals surface area contributed by atoms with E-state index in [9.17, 15) is 9.59 Å². The van der Waals surface area contributed by atoms with Crippen LogP contribution in [0.3, 0.4) is 0 Å². The fourth-order valence-electron chi connectivity index (χ4n) is 5.30. The van der Waals surface area contributed by atoms with E-state index in [0.29, 0.717) is 30.0 Å². The normalized spacial score (nSPS) is 14.5. The summed E-state index contributed by atoms with van der Waals surface area (Å²) in [6.45, 7) is 2.48. The molecular weight excluding hydrogens is 496 g/mol. The number of rotatable bonds is 11. The van der Waals surface area contributed by atoms with Crippen LogP contribution in [0.4, 0.5) is 0 Å². The quantitative estimate of drug-likeness (QED) is 0.334. The molecule has 6 nitrogen and oxygen atoms in total. The number of carbonyl (C=O) groups excluding carboxylic acids is 2. The van der Waals surface area contributed by atoms with Gasteiger partial charge in [0.05, 0.1) is 20.6 Å². The average Bonchev–Trinajstić information content (AvgIpc) is 3.44. The smallest absolute Gasteiger partial charge is 0.247 e. The van der Waals surface area contributed by atoms with E-state index in [0.717, 1.165) is 36.1 Å². The van der Waals surface area contributed by atoms with Gasteiger partial charge in [-0.15, -0.1) is 11.3 Å². The lowest BCUT2D eigenvalue weighted by molar-refractivity contribution is -0.140. The van der Waals surface area contributed by atoms with E-state index in [2.05, 4.69) is 24.4 Å². The van der Waals surface area contributed by atoms with Gasteiger partial charge in [0, 0.05) is 23.0 Å². The Morgan fingerprint density at radius 2 is 1.79 bits per heavy atom. The second-order valence-corrected chi connectivity index (χ2v) is 10.9. The van der Waals surface area contributed by atoms with Crippen LogP contribution >= 0.6 is 11.3 Å². The number of hydrogen-bond acceptors (Lipinski definition) is 5. The molecule has 2 aromatic carbocycles. The summed E-state index contributed by atoms with van der Waals surface area (Å²) >= 11 is 1.55. The maximum atomic E-state index is 14.1. The van der Waals surface area contributed by atoms with Crippen LogP contribution in [0.1, 0.15) is 59.7 Å². The summed E-state index contributed by atoms with van der Waals surface area (Å²) in [6, 6.07) is 16.9. The Balaban J connectivity index is 1.74. The maximum absolute atomic E-state index is 14.1. The van der Waals surface area contributed by atoms with Gasteiger partial charge in [0.2, 0.25) is 11.8 Å². The maximum Gasteiger partial charge on any atom is 0.247 e. The van der Waals surface area contributed by atoms with Gasteiger partial charge in [-0.2, -0.15) is 0 Å². The second-order valence-electron chi connectivity index (χ2n) is 9.85. The molecule has 1 atom stereocenters. The lowest BCUT2D eigenvalue weighted by atomic mass is 9.94. The van der Waals surface area contributed by atoms with Crippen molar-refractivity contribution >= 4 is 23.2 Å². The topological polar surface area (TPSA) is 67.9 Å². The lowest BCUT2D eigenvalue weighted by Gasteiger charge is -2.34. The molecule has 4 rings (SSSR count). The van der Waals surface area contributed by atoms with Crippen LogP contribution in [-0.4, -0.2) is 43.5 Å². The molecule has 1 aromatic heterocycles. The molecular formula is C31H38N2O4S. The Morgan fingerprint density at radius 1 is 1.00 bits per heavy atom. The van der Waals surface area contributed by atoms with Crippen LogP contribution in [0.5, 0.6) is 11.5 Å². The van der Waals surface area contributed by atoms with Crippen LogP contribution in [-0.2, 0) is 22.4 Å². The number of methoxy groups -OCH3 is 2. The zero-order valence-corrected chi connectivity index (χ0v) is 23.4. The number of nitrogens with zero attached hydrogens (tertiary/aromatic N) is 1. The molecule has 1 N–H and O–H groups in total. The Hall–Kier alpha value is -3.32. The Labute approximate surface area is 230 Å². The van der Waals surface area contributed by atoms with Gasteiger partial charge in [0.1, 0.15) is 6.04 Å². The Bertz CT molecular complexity index is 1200. The summed E-state index contributed by atoms with van der Waals surface area (Å²) in [5, 5.41) is 5.25. The first-order valence-electron chi connectivity index (χ1n) is 13.4. The van der Waals surface area contributed by atoms with Gasteiger partial charge in [-0.05, 0) is 54.8 Å². The number of amides is 2. The van der Waals surface area contributed by atoms with E-state index in [1.807, 2.05) is 47.8 Å². The van der Waals surface area contributed by atoms with Crippen molar-refractivity contribution in [3.05, 3.63) is 81.5 Å². The van der Waals surface area contributed by atoms with Gasteiger partial charge in [0.15, 0.2) is 11.5 Å². The number of aryl methyl sites for hydroxylation is 1. The highest BCUT2D eigenvalue weighted by Gasteiger charge is 2.35. The first-order chi connectivity index (χ1) is 18.5. The number of carbonyl (C=O) groups is 2. The zero-order chi connectivity index (χ0) is 26.9. The molecule has 1 saturated carbocycles. The molecule has 0 spiro atoms. The average molecular weight is 535 g/mol. The van der Waals surface area contributed by atoms with Crippen LogP contribution in [0.2, 0.25) is 0 Å². The van der Waals surface area contributed by atoms with Crippen LogP contribution in [0, 0.1) is 6.92 Å². The molecule has 0 aliphatic heterocycles. The highest BCUT2D eigenvalue weighted by Crippen LogP contribution is 2.38. The van der Waals surface area contributed by atoms with E-state index in [1.165, 1.54) is 12.0 Å².